The van der Waals surface area contributed by atoms with Crippen LogP contribution in [0.2, 0.25) is 0 Å². The predicted molar refractivity (Wildman–Crippen MR) is 78.0 cm³/mol. The molecule has 6 nitrogen and oxygen atoms in total. The molecule has 0 fully saturated rings. The van der Waals surface area contributed by atoms with Gasteiger partial charge in [0.2, 0.25) is 11.5 Å². The number of carbonyl (C=O) groups is 1. The molecule has 2 heterocycles. The minimum absolute atomic E-state index is 0.189. The predicted octanol–water partition coefficient (Wildman–Crippen LogP) is 2.27. The summed E-state index contributed by atoms with van der Waals surface area (Å²) in [4.78, 5) is 20.4. The van der Waals surface area contributed by atoms with E-state index in [1.54, 1.807) is 13.8 Å². The maximum atomic E-state index is 13.3. The first-order valence-electron chi connectivity index (χ1n) is 6.55. The summed E-state index contributed by atoms with van der Waals surface area (Å²) >= 11 is 1.15. The summed E-state index contributed by atoms with van der Waals surface area (Å²) in [5.74, 6) is -1.65. The summed E-state index contributed by atoms with van der Waals surface area (Å²) in [6.45, 7) is 3.50. The van der Waals surface area contributed by atoms with Crippen LogP contribution in [0.15, 0.2) is 12.4 Å². The molecule has 2 rings (SSSR count). The smallest absolute Gasteiger partial charge is 0.374 e. The van der Waals surface area contributed by atoms with Crippen LogP contribution in [0.5, 0.6) is 0 Å². The minimum Gasteiger partial charge on any atom is -0.374 e. The van der Waals surface area contributed by atoms with Crippen molar-refractivity contribution in [3.8, 4) is 0 Å². The van der Waals surface area contributed by atoms with E-state index in [0.717, 1.165) is 27.0 Å². The lowest BCUT2D eigenvalue weighted by Gasteiger charge is -2.29. The maximum Gasteiger partial charge on any atom is 0.425 e. The summed E-state index contributed by atoms with van der Waals surface area (Å²) in [7, 11) is 1.31. The quantitative estimate of drug-likeness (QED) is 0.888. The molecule has 0 aromatic carbocycles. The molecule has 126 valence electrons. The summed E-state index contributed by atoms with van der Waals surface area (Å²) in [5.41, 5.74) is -2.70. The highest BCUT2D eigenvalue weighted by molar-refractivity contribution is 7.15. The van der Waals surface area contributed by atoms with Crippen LogP contribution >= 0.6 is 11.3 Å². The van der Waals surface area contributed by atoms with Gasteiger partial charge in [-0.05, 0) is 13.8 Å². The number of carbonyl (C=O) groups excluding carboxylic acids is 1. The van der Waals surface area contributed by atoms with Gasteiger partial charge in [-0.2, -0.15) is 13.2 Å². The molecule has 0 aliphatic carbocycles. The number of hydrogen-bond acceptors (Lipinski definition) is 5. The largest absolute Gasteiger partial charge is 0.425 e. The number of anilines is 1. The minimum atomic E-state index is -5.06. The number of aliphatic hydroxyl groups is 1. The Hall–Kier alpha value is -1.94. The van der Waals surface area contributed by atoms with Crippen LogP contribution in [0.4, 0.5) is 18.3 Å². The molecule has 23 heavy (non-hydrogen) atoms. The second-order valence-electron chi connectivity index (χ2n) is 5.11. The van der Waals surface area contributed by atoms with Crippen molar-refractivity contribution in [3.05, 3.63) is 28.8 Å². The van der Waals surface area contributed by atoms with Crippen molar-refractivity contribution in [2.75, 3.05) is 5.32 Å². The van der Waals surface area contributed by atoms with Crippen LogP contribution in [0.25, 0.3) is 0 Å². The number of rotatable bonds is 4. The number of halogens is 3. The van der Waals surface area contributed by atoms with Crippen molar-refractivity contribution in [2.24, 2.45) is 7.05 Å². The average molecular weight is 348 g/mol. The zero-order chi connectivity index (χ0) is 17.4. The molecular formula is C13H15F3N4O2S. The first kappa shape index (κ1) is 17.4. The van der Waals surface area contributed by atoms with E-state index in [9.17, 15) is 23.1 Å². The van der Waals surface area contributed by atoms with Gasteiger partial charge in [-0.25, -0.2) is 9.97 Å². The Labute approximate surface area is 134 Å². The van der Waals surface area contributed by atoms with E-state index in [1.165, 1.54) is 13.2 Å². The number of aromatic nitrogens is 3. The molecule has 1 amide bonds. The van der Waals surface area contributed by atoms with Gasteiger partial charge in [-0.15, -0.1) is 11.3 Å². The molecule has 0 radical (unpaired) electrons. The summed E-state index contributed by atoms with van der Waals surface area (Å²) in [5, 5.41) is 12.6. The van der Waals surface area contributed by atoms with Crippen molar-refractivity contribution >= 4 is 22.4 Å². The van der Waals surface area contributed by atoms with Crippen LogP contribution in [-0.4, -0.2) is 31.7 Å². The Bertz CT molecular complexity index is 706. The fourth-order valence-corrected chi connectivity index (χ4v) is 2.82. The first-order valence-corrected chi connectivity index (χ1v) is 7.37. The normalized spacial score (nSPS) is 14.6. The highest BCUT2D eigenvalue weighted by atomic mass is 32.1. The van der Waals surface area contributed by atoms with E-state index in [2.05, 4.69) is 15.3 Å². The van der Waals surface area contributed by atoms with Gasteiger partial charge in [0.15, 0.2) is 11.0 Å². The standard InChI is InChI=1S/C13H15F3N4O2S/c1-7-8(2)23-11(18-7)19-9(21)6-12(22,13(14,15)16)10-17-4-5-20(10)3/h4-5,22H,6H2,1-3H3,(H,18,19,21)/t12-/m1/s1. The molecule has 0 bridgehead atoms. The number of alkyl halides is 3. The van der Waals surface area contributed by atoms with E-state index in [4.69, 9.17) is 0 Å². The molecule has 0 spiro atoms. The van der Waals surface area contributed by atoms with Crippen molar-refractivity contribution < 1.29 is 23.1 Å². The fraction of sp³-hybridized carbons (Fsp3) is 0.462. The Morgan fingerprint density at radius 2 is 2.09 bits per heavy atom. The number of nitrogens with zero attached hydrogens (tertiary/aromatic N) is 3. The monoisotopic (exact) mass is 348 g/mol. The number of aryl methyl sites for hydroxylation is 3. The van der Waals surface area contributed by atoms with Crippen LogP contribution in [-0.2, 0) is 17.4 Å². The van der Waals surface area contributed by atoms with Gasteiger partial charge >= 0.3 is 6.18 Å². The fourth-order valence-electron chi connectivity index (χ4n) is 1.99. The van der Waals surface area contributed by atoms with E-state index in [0.29, 0.717) is 5.69 Å². The summed E-state index contributed by atoms with van der Waals surface area (Å²) in [6.07, 6.45) is -3.88. The summed E-state index contributed by atoms with van der Waals surface area (Å²) < 4.78 is 41.0. The van der Waals surface area contributed by atoms with Crippen LogP contribution in [0.3, 0.4) is 0 Å². The molecule has 0 saturated heterocycles. The average Bonchev–Trinajstić information content (AvgIpc) is 2.95. The van der Waals surface area contributed by atoms with Gasteiger partial charge < -0.3 is 15.0 Å². The van der Waals surface area contributed by atoms with Crippen molar-refractivity contribution in [1.82, 2.24) is 14.5 Å². The van der Waals surface area contributed by atoms with E-state index < -0.39 is 29.9 Å². The summed E-state index contributed by atoms with van der Waals surface area (Å²) in [6, 6.07) is 0. The zero-order valence-corrected chi connectivity index (χ0v) is 13.4. The molecular weight excluding hydrogens is 333 g/mol. The molecule has 10 heteroatoms. The van der Waals surface area contributed by atoms with Crippen LogP contribution < -0.4 is 5.32 Å². The van der Waals surface area contributed by atoms with E-state index in [1.807, 2.05) is 0 Å². The topological polar surface area (TPSA) is 80.0 Å². The van der Waals surface area contributed by atoms with Gasteiger partial charge in [-0.3, -0.25) is 4.79 Å². The number of nitrogens with one attached hydrogen (secondary N) is 1. The molecule has 2 N–H and O–H groups in total. The van der Waals surface area contributed by atoms with E-state index in [-0.39, 0.29) is 5.13 Å². The van der Waals surface area contributed by atoms with Crippen molar-refractivity contribution in [1.29, 1.82) is 0 Å². The lowest BCUT2D eigenvalue weighted by atomic mass is 9.97. The lowest BCUT2D eigenvalue weighted by molar-refractivity contribution is -0.270. The first-order chi connectivity index (χ1) is 10.5. The third kappa shape index (κ3) is 3.37. The third-order valence-electron chi connectivity index (χ3n) is 3.35. The van der Waals surface area contributed by atoms with Gasteiger partial charge in [0.05, 0.1) is 12.1 Å². The van der Waals surface area contributed by atoms with Gasteiger partial charge in [-0.1, -0.05) is 0 Å². The molecule has 0 aliphatic rings. The maximum absolute atomic E-state index is 13.3. The molecule has 2 aromatic rings. The Morgan fingerprint density at radius 3 is 2.52 bits per heavy atom. The number of hydrogen-bond donors (Lipinski definition) is 2. The zero-order valence-electron chi connectivity index (χ0n) is 12.6. The molecule has 0 saturated carbocycles. The van der Waals surface area contributed by atoms with E-state index >= 15 is 0 Å². The Morgan fingerprint density at radius 1 is 1.43 bits per heavy atom. The third-order valence-corrected chi connectivity index (χ3v) is 4.34. The van der Waals surface area contributed by atoms with Gasteiger partial charge in [0, 0.05) is 24.3 Å². The van der Waals surface area contributed by atoms with Crippen molar-refractivity contribution in [3.63, 3.8) is 0 Å². The molecule has 2 aromatic heterocycles. The number of imidazole rings is 1. The highest BCUT2D eigenvalue weighted by Crippen LogP contribution is 2.41. The van der Waals surface area contributed by atoms with Gasteiger partial charge in [0.1, 0.15) is 0 Å². The SMILES string of the molecule is Cc1nc(NC(=O)C[C@@](O)(c2nccn2C)C(F)(F)F)sc1C. The number of thiazole rings is 1. The lowest BCUT2D eigenvalue weighted by Crippen LogP contribution is -2.46. The Kier molecular flexibility index (Phi) is 4.49. The van der Waals surface area contributed by atoms with Crippen LogP contribution in [0, 0.1) is 13.8 Å². The number of amides is 1. The Balaban J connectivity index is 2.25. The second-order valence-corrected chi connectivity index (χ2v) is 6.31. The molecule has 1 atom stereocenters. The second kappa shape index (κ2) is 5.93. The highest BCUT2D eigenvalue weighted by Gasteiger charge is 2.58. The molecule has 0 aliphatic heterocycles. The van der Waals surface area contributed by atoms with Crippen molar-refractivity contribution in [2.45, 2.75) is 32.0 Å². The van der Waals surface area contributed by atoms with Gasteiger partial charge in [0.25, 0.3) is 0 Å². The van der Waals surface area contributed by atoms with Crippen LogP contribution in [0.1, 0.15) is 22.8 Å². The molecule has 0 unspecified atom stereocenters.